The summed E-state index contributed by atoms with van der Waals surface area (Å²) in [6, 6.07) is -0.118. The second-order valence-electron chi connectivity index (χ2n) is 5.69. The van der Waals surface area contributed by atoms with Crippen LogP contribution in [0.5, 0.6) is 0 Å². The van der Waals surface area contributed by atoms with Crippen LogP contribution in [0, 0.1) is 11.8 Å². The Hall–Kier alpha value is -0.610. The third kappa shape index (κ3) is 7.67. The molecule has 1 atom stereocenters. The molecule has 4 heteroatoms. The summed E-state index contributed by atoms with van der Waals surface area (Å²) in [4.78, 5) is 11.7. The van der Waals surface area contributed by atoms with Crippen LogP contribution in [0.2, 0.25) is 0 Å². The lowest BCUT2D eigenvalue weighted by Crippen LogP contribution is -2.43. The number of ether oxygens (including phenoxy) is 1. The molecule has 0 aromatic carbocycles. The van der Waals surface area contributed by atoms with Crippen molar-refractivity contribution in [3.05, 3.63) is 0 Å². The van der Waals surface area contributed by atoms with Gasteiger partial charge >= 0.3 is 0 Å². The maximum atomic E-state index is 11.7. The van der Waals surface area contributed by atoms with E-state index in [0.29, 0.717) is 5.92 Å². The summed E-state index contributed by atoms with van der Waals surface area (Å²) in [5.41, 5.74) is 0. The molecule has 0 bridgehead atoms. The zero-order chi connectivity index (χ0) is 13.4. The zero-order valence-electron chi connectivity index (χ0n) is 12.0. The van der Waals surface area contributed by atoms with Gasteiger partial charge in [-0.25, -0.2) is 0 Å². The molecule has 0 radical (unpaired) electrons. The normalized spacial score (nSPS) is 16.9. The molecule has 1 unspecified atom stereocenters. The van der Waals surface area contributed by atoms with E-state index in [2.05, 4.69) is 24.5 Å². The molecule has 1 rings (SSSR count). The van der Waals surface area contributed by atoms with E-state index in [1.54, 1.807) is 0 Å². The van der Waals surface area contributed by atoms with Gasteiger partial charge in [0.1, 0.15) is 0 Å². The van der Waals surface area contributed by atoms with E-state index in [-0.39, 0.29) is 11.9 Å². The summed E-state index contributed by atoms with van der Waals surface area (Å²) in [7, 11) is 0. The molecule has 1 amide bonds. The number of hydrogen-bond donors (Lipinski definition) is 2. The van der Waals surface area contributed by atoms with Crippen LogP contribution in [0.3, 0.4) is 0 Å². The molecule has 0 saturated heterocycles. The molecule has 1 fully saturated rings. The van der Waals surface area contributed by atoms with Crippen LogP contribution in [0.1, 0.15) is 40.0 Å². The first-order chi connectivity index (χ1) is 8.59. The van der Waals surface area contributed by atoms with Crippen LogP contribution >= 0.6 is 0 Å². The average molecular weight is 256 g/mol. The second-order valence-corrected chi connectivity index (χ2v) is 5.69. The summed E-state index contributed by atoms with van der Waals surface area (Å²) >= 11 is 0. The predicted molar refractivity (Wildman–Crippen MR) is 73.5 cm³/mol. The van der Waals surface area contributed by atoms with Gasteiger partial charge in [0.2, 0.25) is 5.91 Å². The van der Waals surface area contributed by atoms with Gasteiger partial charge in [-0.05, 0) is 44.6 Å². The van der Waals surface area contributed by atoms with Crippen molar-refractivity contribution >= 4 is 5.91 Å². The van der Waals surface area contributed by atoms with Crippen molar-refractivity contribution in [1.82, 2.24) is 10.6 Å². The van der Waals surface area contributed by atoms with Crippen molar-refractivity contribution in [2.75, 3.05) is 26.3 Å². The summed E-state index contributed by atoms with van der Waals surface area (Å²) < 4.78 is 5.54. The Morgan fingerprint density at radius 3 is 2.67 bits per heavy atom. The molecule has 0 aromatic rings. The van der Waals surface area contributed by atoms with Crippen LogP contribution < -0.4 is 10.6 Å². The Labute approximate surface area is 111 Å². The maximum absolute atomic E-state index is 11.7. The fraction of sp³-hybridized carbons (Fsp3) is 0.929. The van der Waals surface area contributed by atoms with Crippen LogP contribution in [0.25, 0.3) is 0 Å². The second kappa shape index (κ2) is 8.48. The van der Waals surface area contributed by atoms with Gasteiger partial charge in [0.15, 0.2) is 0 Å². The SMILES string of the molecule is CC(C)CNC(=O)C(C)NCCCOCC1CC1. The van der Waals surface area contributed by atoms with Crippen LogP contribution in [0.15, 0.2) is 0 Å². The summed E-state index contributed by atoms with van der Waals surface area (Å²) in [6.07, 6.45) is 3.64. The fourth-order valence-electron chi connectivity index (χ4n) is 1.58. The highest BCUT2D eigenvalue weighted by molar-refractivity contribution is 5.81. The minimum atomic E-state index is -0.118. The first-order valence-corrected chi connectivity index (χ1v) is 7.18. The Morgan fingerprint density at radius 2 is 2.06 bits per heavy atom. The van der Waals surface area contributed by atoms with E-state index in [4.69, 9.17) is 4.74 Å². The first kappa shape index (κ1) is 15.4. The first-order valence-electron chi connectivity index (χ1n) is 7.18. The van der Waals surface area contributed by atoms with Crippen molar-refractivity contribution in [1.29, 1.82) is 0 Å². The lowest BCUT2D eigenvalue weighted by atomic mass is 10.2. The van der Waals surface area contributed by atoms with Crippen molar-refractivity contribution in [3.8, 4) is 0 Å². The Balaban J connectivity index is 1.90. The number of amides is 1. The molecule has 0 aliphatic heterocycles. The third-order valence-corrected chi connectivity index (χ3v) is 3.04. The lowest BCUT2D eigenvalue weighted by Gasteiger charge is -2.15. The molecule has 0 heterocycles. The predicted octanol–water partition coefficient (Wildman–Crippen LogP) is 1.55. The molecule has 2 N–H and O–H groups in total. The minimum Gasteiger partial charge on any atom is -0.381 e. The lowest BCUT2D eigenvalue weighted by molar-refractivity contribution is -0.122. The number of carbonyl (C=O) groups excluding carboxylic acids is 1. The van der Waals surface area contributed by atoms with E-state index in [1.807, 2.05) is 6.92 Å². The largest absolute Gasteiger partial charge is 0.381 e. The Kier molecular flexibility index (Phi) is 7.28. The molecule has 106 valence electrons. The van der Waals surface area contributed by atoms with Crippen LogP contribution in [-0.2, 0) is 9.53 Å². The standard InChI is InChI=1S/C14H28N2O2/c1-11(2)9-16-14(17)12(3)15-7-4-8-18-10-13-5-6-13/h11-13,15H,4-10H2,1-3H3,(H,16,17). The van der Waals surface area contributed by atoms with Gasteiger partial charge in [-0.3, -0.25) is 4.79 Å². The van der Waals surface area contributed by atoms with Crippen LogP contribution in [0.4, 0.5) is 0 Å². The Morgan fingerprint density at radius 1 is 1.33 bits per heavy atom. The zero-order valence-corrected chi connectivity index (χ0v) is 12.0. The van der Waals surface area contributed by atoms with Crippen molar-refractivity contribution in [2.45, 2.75) is 46.1 Å². The summed E-state index contributed by atoms with van der Waals surface area (Å²) in [6.45, 7) is 9.39. The highest BCUT2D eigenvalue weighted by Crippen LogP contribution is 2.28. The molecular weight excluding hydrogens is 228 g/mol. The molecule has 1 aliphatic carbocycles. The fourth-order valence-corrected chi connectivity index (χ4v) is 1.58. The highest BCUT2D eigenvalue weighted by atomic mass is 16.5. The molecular formula is C14H28N2O2. The van der Waals surface area contributed by atoms with E-state index in [1.165, 1.54) is 12.8 Å². The van der Waals surface area contributed by atoms with E-state index < -0.39 is 0 Å². The molecule has 0 spiro atoms. The average Bonchev–Trinajstić information content (AvgIpc) is 3.14. The van der Waals surface area contributed by atoms with Gasteiger partial charge in [-0.1, -0.05) is 13.8 Å². The Bertz CT molecular complexity index is 240. The van der Waals surface area contributed by atoms with Crippen LogP contribution in [-0.4, -0.2) is 38.3 Å². The monoisotopic (exact) mass is 256 g/mol. The van der Waals surface area contributed by atoms with Gasteiger partial charge < -0.3 is 15.4 Å². The molecule has 0 aromatic heterocycles. The van der Waals surface area contributed by atoms with Crippen molar-refractivity contribution in [3.63, 3.8) is 0 Å². The third-order valence-electron chi connectivity index (χ3n) is 3.04. The van der Waals surface area contributed by atoms with Gasteiger partial charge in [-0.15, -0.1) is 0 Å². The molecule has 1 aliphatic rings. The number of carbonyl (C=O) groups is 1. The highest BCUT2D eigenvalue weighted by Gasteiger charge is 2.20. The van der Waals surface area contributed by atoms with Gasteiger partial charge in [0, 0.05) is 19.8 Å². The van der Waals surface area contributed by atoms with Gasteiger partial charge in [0.05, 0.1) is 6.04 Å². The van der Waals surface area contributed by atoms with Gasteiger partial charge in [-0.2, -0.15) is 0 Å². The number of nitrogens with one attached hydrogen (secondary N) is 2. The summed E-state index contributed by atoms with van der Waals surface area (Å²) in [5.74, 6) is 1.42. The smallest absolute Gasteiger partial charge is 0.236 e. The molecule has 4 nitrogen and oxygen atoms in total. The van der Waals surface area contributed by atoms with E-state index in [9.17, 15) is 4.79 Å². The van der Waals surface area contributed by atoms with Crippen molar-refractivity contribution < 1.29 is 9.53 Å². The van der Waals surface area contributed by atoms with E-state index in [0.717, 1.165) is 38.6 Å². The summed E-state index contributed by atoms with van der Waals surface area (Å²) in [5, 5.41) is 6.14. The minimum absolute atomic E-state index is 0.0857. The number of hydrogen-bond acceptors (Lipinski definition) is 3. The van der Waals surface area contributed by atoms with E-state index >= 15 is 0 Å². The molecule has 18 heavy (non-hydrogen) atoms. The quantitative estimate of drug-likeness (QED) is 0.583. The van der Waals surface area contributed by atoms with Crippen molar-refractivity contribution in [2.24, 2.45) is 11.8 Å². The topological polar surface area (TPSA) is 50.4 Å². The number of rotatable bonds is 10. The molecule has 1 saturated carbocycles. The maximum Gasteiger partial charge on any atom is 0.236 e. The van der Waals surface area contributed by atoms with Gasteiger partial charge in [0.25, 0.3) is 0 Å².